The summed E-state index contributed by atoms with van der Waals surface area (Å²) in [6.45, 7) is 2.29. The quantitative estimate of drug-likeness (QED) is 0.747. The maximum atomic E-state index is 12.9. The molecule has 118 valence electrons. The molecule has 0 unspecified atom stereocenters. The summed E-state index contributed by atoms with van der Waals surface area (Å²) in [6.07, 6.45) is -0.971. The van der Waals surface area contributed by atoms with Crippen LogP contribution in [-0.2, 0) is 12.7 Å². The molecule has 0 aliphatic heterocycles. The van der Waals surface area contributed by atoms with E-state index in [2.05, 4.69) is 20.2 Å². The molecule has 0 aliphatic carbocycles. The predicted molar refractivity (Wildman–Crippen MR) is 71.4 cm³/mol. The van der Waals surface area contributed by atoms with Crippen molar-refractivity contribution in [2.75, 3.05) is 0 Å². The summed E-state index contributed by atoms with van der Waals surface area (Å²) in [6, 6.07) is 0. The van der Waals surface area contributed by atoms with Gasteiger partial charge in [-0.25, -0.2) is 14.2 Å². The van der Waals surface area contributed by atoms with E-state index in [0.29, 0.717) is 13.0 Å². The number of H-pyrrole nitrogens is 1. The molecule has 0 saturated carbocycles. The van der Waals surface area contributed by atoms with Crippen molar-refractivity contribution in [3.8, 4) is 0 Å². The summed E-state index contributed by atoms with van der Waals surface area (Å²) >= 11 is 0. The zero-order valence-corrected chi connectivity index (χ0v) is 11.7. The van der Waals surface area contributed by atoms with Crippen LogP contribution in [0, 0.1) is 0 Å². The molecule has 3 rings (SSSR count). The topological polar surface area (TPSA) is 80.9 Å². The fourth-order valence-corrected chi connectivity index (χ4v) is 2.34. The van der Waals surface area contributed by atoms with Crippen LogP contribution in [-0.4, -0.2) is 29.1 Å². The standard InChI is InChI=1S/C12H13F3N6O/c1-2-3-4-5-20-8-7(17-10(18-8)12(13,14)15)9-19-16-6-21(9)11(20)22/h6H,2-5H2,1H3,(H,17,18). The van der Waals surface area contributed by atoms with E-state index < -0.39 is 17.7 Å². The van der Waals surface area contributed by atoms with Crippen molar-refractivity contribution in [3.63, 3.8) is 0 Å². The van der Waals surface area contributed by atoms with Gasteiger partial charge in [0, 0.05) is 6.54 Å². The second kappa shape index (κ2) is 5.11. The molecule has 0 amide bonds. The molecule has 0 saturated heterocycles. The molecule has 10 heteroatoms. The number of hydrogen-bond acceptors (Lipinski definition) is 4. The Morgan fingerprint density at radius 2 is 2.05 bits per heavy atom. The van der Waals surface area contributed by atoms with E-state index in [1.807, 2.05) is 6.92 Å². The number of rotatable bonds is 4. The second-order valence-electron chi connectivity index (χ2n) is 4.95. The molecule has 0 bridgehead atoms. The SMILES string of the molecule is CCCCCn1c(=O)n2cnnc2c2[nH]c(C(F)(F)F)nc21. The zero-order valence-electron chi connectivity index (χ0n) is 11.7. The third-order valence-corrected chi connectivity index (χ3v) is 3.40. The van der Waals surface area contributed by atoms with E-state index in [1.54, 1.807) is 0 Å². The van der Waals surface area contributed by atoms with Gasteiger partial charge in [0.1, 0.15) is 11.8 Å². The van der Waals surface area contributed by atoms with E-state index in [4.69, 9.17) is 0 Å². The number of nitrogens with zero attached hydrogens (tertiary/aromatic N) is 5. The highest BCUT2D eigenvalue weighted by atomic mass is 19.4. The smallest absolute Gasteiger partial charge is 0.330 e. The number of alkyl halides is 3. The highest BCUT2D eigenvalue weighted by molar-refractivity contribution is 5.85. The Balaban J connectivity index is 2.27. The first kappa shape index (κ1) is 14.5. The maximum Gasteiger partial charge on any atom is 0.449 e. The Morgan fingerprint density at radius 1 is 1.27 bits per heavy atom. The second-order valence-corrected chi connectivity index (χ2v) is 4.95. The predicted octanol–water partition coefficient (Wildman–Crippen LogP) is 1.98. The minimum Gasteiger partial charge on any atom is -0.330 e. The minimum absolute atomic E-state index is 0.0368. The fourth-order valence-electron chi connectivity index (χ4n) is 2.34. The normalized spacial score (nSPS) is 12.5. The molecule has 0 atom stereocenters. The van der Waals surface area contributed by atoms with Crippen LogP contribution in [0.5, 0.6) is 0 Å². The largest absolute Gasteiger partial charge is 0.449 e. The number of fused-ring (bicyclic) bond motifs is 3. The summed E-state index contributed by atoms with van der Waals surface area (Å²) in [5.74, 6) is -1.15. The van der Waals surface area contributed by atoms with Gasteiger partial charge in [-0.05, 0) is 6.42 Å². The van der Waals surface area contributed by atoms with Crippen LogP contribution < -0.4 is 5.69 Å². The van der Waals surface area contributed by atoms with Gasteiger partial charge in [-0.1, -0.05) is 19.8 Å². The van der Waals surface area contributed by atoms with Crippen molar-refractivity contribution in [3.05, 3.63) is 22.6 Å². The molecule has 0 spiro atoms. The number of halogens is 3. The van der Waals surface area contributed by atoms with Gasteiger partial charge in [0.2, 0.25) is 5.82 Å². The van der Waals surface area contributed by atoms with E-state index in [0.717, 1.165) is 17.2 Å². The summed E-state index contributed by atoms with van der Waals surface area (Å²) < 4.78 is 40.9. The lowest BCUT2D eigenvalue weighted by atomic mass is 10.2. The molecular weight excluding hydrogens is 301 g/mol. The van der Waals surface area contributed by atoms with Crippen LogP contribution in [0.2, 0.25) is 0 Å². The molecule has 7 nitrogen and oxygen atoms in total. The van der Waals surface area contributed by atoms with Gasteiger partial charge in [0.15, 0.2) is 11.3 Å². The van der Waals surface area contributed by atoms with Crippen LogP contribution in [0.4, 0.5) is 13.2 Å². The van der Waals surface area contributed by atoms with E-state index in [-0.39, 0.29) is 16.8 Å². The van der Waals surface area contributed by atoms with Gasteiger partial charge in [0.25, 0.3) is 0 Å². The monoisotopic (exact) mass is 314 g/mol. The molecule has 22 heavy (non-hydrogen) atoms. The van der Waals surface area contributed by atoms with Crippen LogP contribution in [0.25, 0.3) is 16.8 Å². The lowest BCUT2D eigenvalue weighted by Crippen LogP contribution is -2.27. The number of hydrogen-bond donors (Lipinski definition) is 1. The lowest BCUT2D eigenvalue weighted by molar-refractivity contribution is -0.144. The van der Waals surface area contributed by atoms with Crippen molar-refractivity contribution in [2.24, 2.45) is 0 Å². The molecule has 0 radical (unpaired) electrons. The molecule has 3 heterocycles. The number of aromatic nitrogens is 6. The van der Waals surface area contributed by atoms with Crippen LogP contribution in [0.15, 0.2) is 11.1 Å². The fraction of sp³-hybridized carbons (Fsp3) is 0.500. The van der Waals surface area contributed by atoms with Crippen molar-refractivity contribution in [2.45, 2.75) is 38.9 Å². The Hall–Kier alpha value is -2.39. The number of imidazole rings is 1. The van der Waals surface area contributed by atoms with E-state index in [9.17, 15) is 18.0 Å². The van der Waals surface area contributed by atoms with Gasteiger partial charge in [-0.2, -0.15) is 13.2 Å². The lowest BCUT2D eigenvalue weighted by Gasteiger charge is -2.06. The van der Waals surface area contributed by atoms with Gasteiger partial charge < -0.3 is 4.98 Å². The van der Waals surface area contributed by atoms with Gasteiger partial charge in [-0.3, -0.25) is 4.57 Å². The molecule has 0 aromatic carbocycles. The van der Waals surface area contributed by atoms with Gasteiger partial charge >= 0.3 is 11.9 Å². The maximum absolute atomic E-state index is 12.9. The van der Waals surface area contributed by atoms with Gasteiger partial charge in [-0.15, -0.1) is 10.2 Å². The van der Waals surface area contributed by atoms with E-state index in [1.165, 1.54) is 10.9 Å². The van der Waals surface area contributed by atoms with Crippen molar-refractivity contribution in [1.82, 2.24) is 29.1 Å². The van der Waals surface area contributed by atoms with Crippen LogP contribution in [0.1, 0.15) is 32.0 Å². The highest BCUT2D eigenvalue weighted by Gasteiger charge is 2.36. The first-order valence-corrected chi connectivity index (χ1v) is 6.83. The summed E-state index contributed by atoms with van der Waals surface area (Å²) in [5.41, 5.74) is -0.451. The first-order valence-electron chi connectivity index (χ1n) is 6.83. The third-order valence-electron chi connectivity index (χ3n) is 3.40. The Bertz CT molecular complexity index is 875. The molecule has 3 aromatic heterocycles. The minimum atomic E-state index is -4.62. The first-order chi connectivity index (χ1) is 10.4. The number of aromatic amines is 1. The average molecular weight is 314 g/mol. The summed E-state index contributed by atoms with van der Waals surface area (Å²) in [7, 11) is 0. The van der Waals surface area contributed by atoms with Gasteiger partial charge in [0.05, 0.1) is 0 Å². The number of unbranched alkanes of at least 4 members (excludes halogenated alkanes) is 2. The molecule has 1 N–H and O–H groups in total. The molecular formula is C12H13F3N6O. The van der Waals surface area contributed by atoms with Crippen LogP contribution >= 0.6 is 0 Å². The summed E-state index contributed by atoms with van der Waals surface area (Å²) in [5, 5.41) is 7.29. The molecule has 0 aliphatic rings. The highest BCUT2D eigenvalue weighted by Crippen LogP contribution is 2.29. The van der Waals surface area contributed by atoms with Crippen molar-refractivity contribution < 1.29 is 13.2 Å². The zero-order chi connectivity index (χ0) is 15.9. The van der Waals surface area contributed by atoms with Crippen molar-refractivity contribution >= 4 is 16.8 Å². The third kappa shape index (κ3) is 2.24. The molecule has 0 fully saturated rings. The Morgan fingerprint density at radius 3 is 2.73 bits per heavy atom. The number of nitrogens with one attached hydrogen (secondary N) is 1. The Kier molecular flexibility index (Phi) is 3.38. The Labute approximate surface area is 121 Å². The van der Waals surface area contributed by atoms with Crippen LogP contribution in [0.3, 0.4) is 0 Å². The number of aryl methyl sites for hydroxylation is 1. The average Bonchev–Trinajstić information content (AvgIpc) is 3.07. The van der Waals surface area contributed by atoms with Crippen molar-refractivity contribution in [1.29, 1.82) is 0 Å². The summed E-state index contributed by atoms with van der Waals surface area (Å²) in [4.78, 5) is 18.1. The van der Waals surface area contributed by atoms with E-state index >= 15 is 0 Å². The molecule has 3 aromatic rings.